The van der Waals surface area contributed by atoms with Gasteiger partial charge in [-0.3, -0.25) is 0 Å². The molecule has 6 heteroatoms. The highest BCUT2D eigenvalue weighted by Crippen LogP contribution is 2.28. The molecule has 22 heavy (non-hydrogen) atoms. The molecular formula is C16H18N4O2. The van der Waals surface area contributed by atoms with E-state index in [-0.39, 0.29) is 16.9 Å². The number of ether oxygens (including phenoxy) is 1. The number of nitrogen functional groups attached to an aromatic ring is 1. The number of aromatic nitrogens is 1. The second-order valence-electron chi connectivity index (χ2n) is 5.14. The van der Waals surface area contributed by atoms with Crippen LogP contribution in [0.1, 0.15) is 21.6 Å². The van der Waals surface area contributed by atoms with E-state index in [4.69, 9.17) is 15.7 Å². The number of hydrogen-bond acceptors (Lipinski definition) is 5. The zero-order chi connectivity index (χ0) is 16.4. The van der Waals surface area contributed by atoms with Gasteiger partial charge in [-0.25, -0.2) is 4.79 Å². The van der Waals surface area contributed by atoms with E-state index in [1.54, 1.807) is 10.8 Å². The Hall–Kier alpha value is -2.94. The van der Waals surface area contributed by atoms with Crippen LogP contribution in [0.2, 0.25) is 0 Å². The first-order valence-electron chi connectivity index (χ1n) is 6.68. The number of aryl methyl sites for hydroxylation is 1. The molecule has 0 aliphatic rings. The standard InChI is InChI=1S/C16H18N4O2/c1-10-5-6-12(19(2)3)7-13(10)20-9-11(8-17)14(18)15(20)16(21)22-4/h5-7,9H,18H2,1-4H3. The van der Waals surface area contributed by atoms with Gasteiger partial charge >= 0.3 is 5.97 Å². The molecule has 0 atom stereocenters. The number of rotatable bonds is 3. The number of carbonyl (C=O) groups is 1. The maximum absolute atomic E-state index is 12.0. The van der Waals surface area contributed by atoms with E-state index in [9.17, 15) is 4.79 Å². The summed E-state index contributed by atoms with van der Waals surface area (Å²) >= 11 is 0. The molecule has 6 nitrogen and oxygen atoms in total. The largest absolute Gasteiger partial charge is 0.464 e. The summed E-state index contributed by atoms with van der Waals surface area (Å²) in [5.41, 5.74) is 9.17. The van der Waals surface area contributed by atoms with Crippen molar-refractivity contribution in [3.63, 3.8) is 0 Å². The molecule has 0 aliphatic heterocycles. The summed E-state index contributed by atoms with van der Waals surface area (Å²) in [4.78, 5) is 14.0. The minimum absolute atomic E-state index is 0.129. The number of benzene rings is 1. The van der Waals surface area contributed by atoms with Crippen molar-refractivity contribution in [3.8, 4) is 11.8 Å². The van der Waals surface area contributed by atoms with Crippen LogP contribution in [0.3, 0.4) is 0 Å². The summed E-state index contributed by atoms with van der Waals surface area (Å²) in [5.74, 6) is -0.575. The number of nitrogens with zero attached hydrogens (tertiary/aromatic N) is 3. The first-order chi connectivity index (χ1) is 10.4. The van der Waals surface area contributed by atoms with Gasteiger partial charge in [0.2, 0.25) is 0 Å². The van der Waals surface area contributed by atoms with Gasteiger partial charge in [0.1, 0.15) is 6.07 Å². The summed E-state index contributed by atoms with van der Waals surface area (Å²) in [6.45, 7) is 1.93. The van der Waals surface area contributed by atoms with Crippen molar-refractivity contribution in [2.75, 3.05) is 31.8 Å². The van der Waals surface area contributed by atoms with E-state index in [2.05, 4.69) is 0 Å². The lowest BCUT2D eigenvalue weighted by atomic mass is 10.1. The molecule has 2 N–H and O–H groups in total. The van der Waals surface area contributed by atoms with Gasteiger partial charge in [0, 0.05) is 26.0 Å². The zero-order valence-electron chi connectivity index (χ0n) is 13.0. The summed E-state index contributed by atoms with van der Waals surface area (Å²) in [6.07, 6.45) is 1.56. The third-order valence-electron chi connectivity index (χ3n) is 3.51. The third kappa shape index (κ3) is 2.49. The quantitative estimate of drug-likeness (QED) is 0.877. The van der Waals surface area contributed by atoms with Gasteiger partial charge in [0.25, 0.3) is 0 Å². The molecule has 0 unspecified atom stereocenters. The summed E-state index contributed by atoms with van der Waals surface area (Å²) in [5, 5.41) is 9.17. The van der Waals surface area contributed by atoms with E-state index >= 15 is 0 Å². The molecule has 0 bridgehead atoms. The van der Waals surface area contributed by atoms with Crippen LogP contribution in [0.15, 0.2) is 24.4 Å². The van der Waals surface area contributed by atoms with E-state index < -0.39 is 5.97 Å². The van der Waals surface area contributed by atoms with Gasteiger partial charge in [0.05, 0.1) is 24.0 Å². The van der Waals surface area contributed by atoms with Gasteiger partial charge < -0.3 is 19.9 Å². The molecule has 0 fully saturated rings. The second kappa shape index (κ2) is 5.82. The first-order valence-corrected chi connectivity index (χ1v) is 6.68. The minimum Gasteiger partial charge on any atom is -0.464 e. The van der Waals surface area contributed by atoms with Crippen LogP contribution in [-0.2, 0) is 4.74 Å². The highest BCUT2D eigenvalue weighted by Gasteiger charge is 2.22. The molecule has 0 radical (unpaired) electrons. The van der Waals surface area contributed by atoms with E-state index in [0.717, 1.165) is 16.9 Å². The lowest BCUT2D eigenvalue weighted by molar-refractivity contribution is 0.0593. The Labute approximate surface area is 129 Å². The molecule has 0 amide bonds. The molecule has 0 saturated carbocycles. The van der Waals surface area contributed by atoms with E-state index in [1.165, 1.54) is 7.11 Å². The van der Waals surface area contributed by atoms with Crippen LogP contribution in [0.4, 0.5) is 11.4 Å². The van der Waals surface area contributed by atoms with Gasteiger partial charge in [0.15, 0.2) is 5.69 Å². The number of esters is 1. The van der Waals surface area contributed by atoms with E-state index in [0.29, 0.717) is 0 Å². The lowest BCUT2D eigenvalue weighted by Crippen LogP contribution is -2.13. The van der Waals surface area contributed by atoms with Crippen LogP contribution < -0.4 is 10.6 Å². The van der Waals surface area contributed by atoms with Crippen molar-refractivity contribution >= 4 is 17.3 Å². The second-order valence-corrected chi connectivity index (χ2v) is 5.14. The Balaban J connectivity index is 2.75. The van der Waals surface area contributed by atoms with Gasteiger partial charge in [-0.2, -0.15) is 5.26 Å². The van der Waals surface area contributed by atoms with Crippen molar-refractivity contribution in [2.24, 2.45) is 0 Å². The van der Waals surface area contributed by atoms with Crippen molar-refractivity contribution < 1.29 is 9.53 Å². The molecule has 1 aromatic carbocycles. The normalized spacial score (nSPS) is 10.1. The van der Waals surface area contributed by atoms with Crippen LogP contribution in [0, 0.1) is 18.3 Å². The summed E-state index contributed by atoms with van der Waals surface area (Å²) < 4.78 is 6.41. The molecule has 2 rings (SSSR count). The Morgan fingerprint density at radius 2 is 2.09 bits per heavy atom. The highest BCUT2D eigenvalue weighted by atomic mass is 16.5. The number of nitrogens with two attached hydrogens (primary N) is 1. The van der Waals surface area contributed by atoms with Crippen molar-refractivity contribution in [3.05, 3.63) is 41.2 Å². The zero-order valence-corrected chi connectivity index (χ0v) is 13.0. The number of hydrogen-bond donors (Lipinski definition) is 1. The average molecular weight is 298 g/mol. The van der Waals surface area contributed by atoms with Crippen molar-refractivity contribution in [2.45, 2.75) is 6.92 Å². The highest BCUT2D eigenvalue weighted by molar-refractivity contribution is 5.96. The SMILES string of the molecule is COC(=O)c1c(N)c(C#N)cn1-c1cc(N(C)C)ccc1C. The molecule has 0 spiro atoms. The topological polar surface area (TPSA) is 84.3 Å². The molecular weight excluding hydrogens is 280 g/mol. The molecule has 1 aromatic heterocycles. The molecule has 1 heterocycles. The monoisotopic (exact) mass is 298 g/mol. The average Bonchev–Trinajstić information content (AvgIpc) is 2.83. The first kappa shape index (κ1) is 15.4. The fourth-order valence-electron chi connectivity index (χ4n) is 2.24. The maximum atomic E-state index is 12.0. The predicted octanol–water partition coefficient (Wildman–Crippen LogP) is 2.09. The predicted molar refractivity (Wildman–Crippen MR) is 85.3 cm³/mol. The summed E-state index contributed by atoms with van der Waals surface area (Å²) in [7, 11) is 5.15. The number of carbonyl (C=O) groups excluding carboxylic acids is 1. The number of methoxy groups -OCH3 is 1. The van der Waals surface area contributed by atoms with Crippen LogP contribution in [0.25, 0.3) is 5.69 Å². The Kier molecular flexibility index (Phi) is 4.08. The van der Waals surface area contributed by atoms with Crippen LogP contribution in [-0.4, -0.2) is 31.7 Å². The Morgan fingerprint density at radius 3 is 2.64 bits per heavy atom. The van der Waals surface area contributed by atoms with Crippen molar-refractivity contribution in [1.29, 1.82) is 5.26 Å². The van der Waals surface area contributed by atoms with Crippen LogP contribution in [0.5, 0.6) is 0 Å². The van der Waals surface area contributed by atoms with Gasteiger partial charge in [-0.1, -0.05) is 6.07 Å². The van der Waals surface area contributed by atoms with Crippen molar-refractivity contribution in [1.82, 2.24) is 4.57 Å². The Morgan fingerprint density at radius 1 is 1.41 bits per heavy atom. The minimum atomic E-state index is -0.575. The fourth-order valence-corrected chi connectivity index (χ4v) is 2.24. The number of anilines is 2. The Bertz CT molecular complexity index is 769. The molecule has 2 aromatic rings. The summed E-state index contributed by atoms with van der Waals surface area (Å²) in [6, 6.07) is 7.86. The lowest BCUT2D eigenvalue weighted by Gasteiger charge is -2.17. The number of nitriles is 1. The fraction of sp³-hybridized carbons (Fsp3) is 0.250. The maximum Gasteiger partial charge on any atom is 0.357 e. The third-order valence-corrected chi connectivity index (χ3v) is 3.51. The van der Waals surface area contributed by atoms with E-state index in [1.807, 2.05) is 50.2 Å². The van der Waals surface area contributed by atoms with Gasteiger partial charge in [-0.05, 0) is 24.6 Å². The molecule has 0 aliphatic carbocycles. The smallest absolute Gasteiger partial charge is 0.357 e. The van der Waals surface area contributed by atoms with Crippen LogP contribution >= 0.6 is 0 Å². The molecule has 114 valence electrons. The van der Waals surface area contributed by atoms with Gasteiger partial charge in [-0.15, -0.1) is 0 Å². The molecule has 0 saturated heterocycles.